The molecule has 0 bridgehead atoms. The Bertz CT molecular complexity index is 429. The number of ether oxygens (including phenoxy) is 1. The van der Waals surface area contributed by atoms with Crippen LogP contribution in [0.15, 0.2) is 18.2 Å². The first-order valence-corrected chi connectivity index (χ1v) is 6.51. The molecule has 18 heavy (non-hydrogen) atoms. The van der Waals surface area contributed by atoms with Crippen LogP contribution in [0.5, 0.6) is 5.75 Å². The van der Waals surface area contributed by atoms with E-state index in [9.17, 15) is 9.50 Å². The fraction of sp³-hybridized carbons (Fsp3) is 0.600. The predicted molar refractivity (Wildman–Crippen MR) is 69.2 cm³/mol. The molecule has 0 saturated heterocycles. The molecule has 0 amide bonds. The van der Waals surface area contributed by atoms with E-state index in [2.05, 4.69) is 13.8 Å². The molecule has 1 saturated carbocycles. The van der Waals surface area contributed by atoms with E-state index in [1.165, 1.54) is 6.07 Å². The van der Waals surface area contributed by atoms with Gasteiger partial charge in [0.1, 0.15) is 17.7 Å². The molecular formula is C15H21FO2. The fourth-order valence-corrected chi connectivity index (χ4v) is 2.56. The van der Waals surface area contributed by atoms with Crippen LogP contribution in [-0.2, 0) is 0 Å². The van der Waals surface area contributed by atoms with Crippen LogP contribution in [0.3, 0.4) is 0 Å². The topological polar surface area (TPSA) is 29.5 Å². The van der Waals surface area contributed by atoms with Gasteiger partial charge in [-0.3, -0.25) is 0 Å². The quantitative estimate of drug-likeness (QED) is 0.873. The summed E-state index contributed by atoms with van der Waals surface area (Å²) in [6.45, 7) is 5.83. The maximum Gasteiger partial charge on any atom is 0.126 e. The van der Waals surface area contributed by atoms with Gasteiger partial charge < -0.3 is 9.84 Å². The average Bonchev–Trinajstić information content (AvgIpc) is 2.30. The lowest BCUT2D eigenvalue weighted by molar-refractivity contribution is -0.0689. The highest BCUT2D eigenvalue weighted by Gasteiger charge is 2.39. The highest BCUT2D eigenvalue weighted by Crippen LogP contribution is 2.37. The summed E-state index contributed by atoms with van der Waals surface area (Å²) >= 11 is 0. The van der Waals surface area contributed by atoms with Gasteiger partial charge in [-0.2, -0.15) is 0 Å². The lowest BCUT2D eigenvalue weighted by Crippen LogP contribution is -2.46. The summed E-state index contributed by atoms with van der Waals surface area (Å²) in [6.07, 6.45) is 2.24. The maximum atomic E-state index is 13.2. The molecular weight excluding hydrogens is 231 g/mol. The lowest BCUT2D eigenvalue weighted by Gasteiger charge is -2.40. The molecule has 1 aromatic rings. The van der Waals surface area contributed by atoms with Crippen molar-refractivity contribution in [2.75, 3.05) is 0 Å². The molecule has 3 heteroatoms. The number of aliphatic hydroxyl groups is 1. The molecule has 1 aliphatic rings. The van der Waals surface area contributed by atoms with Crippen molar-refractivity contribution in [3.05, 3.63) is 29.6 Å². The van der Waals surface area contributed by atoms with E-state index in [1.54, 1.807) is 19.1 Å². The van der Waals surface area contributed by atoms with Gasteiger partial charge >= 0.3 is 0 Å². The third-order valence-electron chi connectivity index (χ3n) is 3.88. The molecule has 0 radical (unpaired) electrons. The highest BCUT2D eigenvalue weighted by molar-refractivity contribution is 5.29. The number of rotatable bonds is 2. The maximum absolute atomic E-state index is 13.2. The minimum Gasteiger partial charge on any atom is -0.488 e. The SMILES string of the molecule is Cc1cc(OC2CCCC(C)(C)C2O)ccc1F. The third-order valence-corrected chi connectivity index (χ3v) is 3.88. The minimum absolute atomic E-state index is 0.113. The van der Waals surface area contributed by atoms with Gasteiger partial charge in [0.15, 0.2) is 0 Å². The van der Waals surface area contributed by atoms with Gasteiger partial charge in [-0.15, -0.1) is 0 Å². The van der Waals surface area contributed by atoms with Crippen LogP contribution in [0.2, 0.25) is 0 Å². The Morgan fingerprint density at radius 3 is 2.78 bits per heavy atom. The second kappa shape index (κ2) is 4.88. The van der Waals surface area contributed by atoms with Crippen molar-refractivity contribution < 1.29 is 14.2 Å². The van der Waals surface area contributed by atoms with Gasteiger partial charge in [-0.1, -0.05) is 13.8 Å². The molecule has 0 aliphatic heterocycles. The van der Waals surface area contributed by atoms with Gasteiger partial charge in [-0.05, 0) is 55.4 Å². The van der Waals surface area contributed by atoms with Crippen LogP contribution in [0.4, 0.5) is 4.39 Å². The van der Waals surface area contributed by atoms with Gasteiger partial charge in [0, 0.05) is 0 Å². The highest BCUT2D eigenvalue weighted by atomic mass is 19.1. The smallest absolute Gasteiger partial charge is 0.126 e. The largest absolute Gasteiger partial charge is 0.488 e. The number of benzene rings is 1. The summed E-state index contributed by atoms with van der Waals surface area (Å²) in [7, 11) is 0. The Morgan fingerprint density at radius 2 is 2.11 bits per heavy atom. The average molecular weight is 252 g/mol. The first-order valence-electron chi connectivity index (χ1n) is 6.51. The van der Waals surface area contributed by atoms with E-state index in [0.717, 1.165) is 19.3 Å². The van der Waals surface area contributed by atoms with Gasteiger partial charge in [-0.25, -0.2) is 4.39 Å². The molecule has 0 aromatic heterocycles. The van der Waals surface area contributed by atoms with Crippen molar-refractivity contribution in [1.29, 1.82) is 0 Å². The second-order valence-corrected chi connectivity index (χ2v) is 5.89. The fourth-order valence-electron chi connectivity index (χ4n) is 2.56. The Balaban J connectivity index is 2.11. The Hall–Kier alpha value is -1.09. The lowest BCUT2D eigenvalue weighted by atomic mass is 9.73. The second-order valence-electron chi connectivity index (χ2n) is 5.89. The summed E-state index contributed by atoms with van der Waals surface area (Å²) < 4.78 is 19.0. The number of halogens is 1. The van der Waals surface area contributed by atoms with Crippen LogP contribution >= 0.6 is 0 Å². The zero-order chi connectivity index (χ0) is 13.3. The molecule has 1 aliphatic carbocycles. The van der Waals surface area contributed by atoms with E-state index < -0.39 is 6.10 Å². The number of aliphatic hydroxyl groups excluding tert-OH is 1. The molecule has 0 spiro atoms. The van der Waals surface area contributed by atoms with E-state index in [-0.39, 0.29) is 17.3 Å². The van der Waals surface area contributed by atoms with Crippen LogP contribution in [0.1, 0.15) is 38.7 Å². The molecule has 2 atom stereocenters. The van der Waals surface area contributed by atoms with Crippen molar-refractivity contribution in [3.63, 3.8) is 0 Å². The zero-order valence-electron chi connectivity index (χ0n) is 11.2. The monoisotopic (exact) mass is 252 g/mol. The molecule has 2 rings (SSSR count). The van der Waals surface area contributed by atoms with Crippen molar-refractivity contribution in [1.82, 2.24) is 0 Å². The third kappa shape index (κ3) is 2.66. The molecule has 0 heterocycles. The first kappa shape index (κ1) is 13.3. The summed E-state index contributed by atoms with van der Waals surface area (Å²) in [6, 6.07) is 4.71. The summed E-state index contributed by atoms with van der Waals surface area (Å²) in [5, 5.41) is 10.3. The van der Waals surface area contributed by atoms with E-state index in [0.29, 0.717) is 11.3 Å². The van der Waals surface area contributed by atoms with Crippen molar-refractivity contribution in [2.45, 2.75) is 52.2 Å². The molecule has 2 unspecified atom stereocenters. The summed E-state index contributed by atoms with van der Waals surface area (Å²) in [4.78, 5) is 0. The Labute approximate surface area is 108 Å². The van der Waals surface area contributed by atoms with Crippen LogP contribution in [-0.4, -0.2) is 17.3 Å². The Kier molecular flexibility index (Phi) is 3.62. The van der Waals surface area contributed by atoms with Crippen molar-refractivity contribution in [3.8, 4) is 5.75 Å². The molecule has 1 aromatic carbocycles. The molecule has 100 valence electrons. The molecule has 1 fully saturated rings. The number of aryl methyl sites for hydroxylation is 1. The van der Waals surface area contributed by atoms with Crippen LogP contribution in [0, 0.1) is 18.2 Å². The minimum atomic E-state index is -0.475. The first-order chi connectivity index (χ1) is 8.40. The standard InChI is InChI=1S/C15H21FO2/c1-10-9-11(6-7-12(10)16)18-13-5-4-8-15(2,3)14(13)17/h6-7,9,13-14,17H,4-5,8H2,1-3H3. The van der Waals surface area contributed by atoms with E-state index in [1.807, 2.05) is 0 Å². The molecule has 2 nitrogen and oxygen atoms in total. The summed E-state index contributed by atoms with van der Waals surface area (Å²) in [5.74, 6) is 0.405. The normalized spacial score (nSPS) is 26.9. The van der Waals surface area contributed by atoms with Crippen molar-refractivity contribution >= 4 is 0 Å². The number of hydrogen-bond donors (Lipinski definition) is 1. The zero-order valence-corrected chi connectivity index (χ0v) is 11.2. The van der Waals surface area contributed by atoms with E-state index in [4.69, 9.17) is 4.74 Å². The van der Waals surface area contributed by atoms with Crippen LogP contribution in [0.25, 0.3) is 0 Å². The van der Waals surface area contributed by atoms with Crippen molar-refractivity contribution in [2.24, 2.45) is 5.41 Å². The summed E-state index contributed by atoms with van der Waals surface area (Å²) in [5.41, 5.74) is 0.454. The Morgan fingerprint density at radius 1 is 1.39 bits per heavy atom. The number of hydrogen-bond acceptors (Lipinski definition) is 2. The van der Waals surface area contributed by atoms with E-state index >= 15 is 0 Å². The van der Waals surface area contributed by atoms with Gasteiger partial charge in [0.2, 0.25) is 0 Å². The van der Waals surface area contributed by atoms with Gasteiger partial charge in [0.05, 0.1) is 6.10 Å². The van der Waals surface area contributed by atoms with Crippen LogP contribution < -0.4 is 4.74 Å². The molecule has 1 N–H and O–H groups in total. The predicted octanol–water partition coefficient (Wildman–Crippen LogP) is 3.45. The van der Waals surface area contributed by atoms with Gasteiger partial charge in [0.25, 0.3) is 0 Å².